The van der Waals surface area contributed by atoms with Gasteiger partial charge in [-0.2, -0.15) is 0 Å². The lowest BCUT2D eigenvalue weighted by Crippen LogP contribution is -2.53. The van der Waals surface area contributed by atoms with Crippen molar-refractivity contribution in [1.82, 2.24) is 20.0 Å². The van der Waals surface area contributed by atoms with E-state index in [1.165, 1.54) is 0 Å². The summed E-state index contributed by atoms with van der Waals surface area (Å²) in [5.41, 5.74) is 2.18. The van der Waals surface area contributed by atoms with E-state index >= 15 is 0 Å². The maximum Gasteiger partial charge on any atom is 0.254 e. The van der Waals surface area contributed by atoms with E-state index in [0.29, 0.717) is 43.2 Å². The van der Waals surface area contributed by atoms with E-state index in [2.05, 4.69) is 15.1 Å². The first kappa shape index (κ1) is 26.3. The molecule has 1 atom stereocenters. The molecule has 0 aliphatic carbocycles. The van der Waals surface area contributed by atoms with Crippen LogP contribution in [0.3, 0.4) is 0 Å². The normalized spacial score (nSPS) is 15.2. The van der Waals surface area contributed by atoms with E-state index in [4.69, 9.17) is 14.2 Å². The molecule has 1 saturated heterocycles. The van der Waals surface area contributed by atoms with Gasteiger partial charge in [-0.25, -0.2) is 0 Å². The van der Waals surface area contributed by atoms with Gasteiger partial charge in [-0.05, 0) is 55.8 Å². The quantitative estimate of drug-likeness (QED) is 0.436. The number of benzene rings is 2. The highest BCUT2D eigenvalue weighted by Crippen LogP contribution is 2.33. The van der Waals surface area contributed by atoms with Crippen LogP contribution in [0.1, 0.15) is 30.6 Å². The number of nitrogens with zero attached hydrogens (tertiary/aromatic N) is 5. The lowest BCUT2D eigenvalue weighted by atomic mass is 10.1. The monoisotopic (exact) mass is 531 g/mol. The Balaban J connectivity index is 1.19. The molecule has 0 saturated carbocycles. The average Bonchev–Trinajstić information content (AvgIpc) is 3.47. The zero-order chi connectivity index (χ0) is 27.4. The predicted molar refractivity (Wildman–Crippen MR) is 146 cm³/mol. The highest BCUT2D eigenvalue weighted by atomic mass is 16.7. The molecule has 2 aromatic carbocycles. The zero-order valence-corrected chi connectivity index (χ0v) is 22.5. The van der Waals surface area contributed by atoms with Gasteiger partial charge < -0.3 is 28.9 Å². The molecule has 5 rings (SSSR count). The van der Waals surface area contributed by atoms with E-state index in [1.807, 2.05) is 55.1 Å². The van der Waals surface area contributed by atoms with E-state index in [0.717, 1.165) is 29.2 Å². The molecule has 10 nitrogen and oxygen atoms in total. The van der Waals surface area contributed by atoms with E-state index < -0.39 is 0 Å². The number of amides is 2. The molecule has 2 aliphatic heterocycles. The summed E-state index contributed by atoms with van der Waals surface area (Å²) >= 11 is 0. The highest BCUT2D eigenvalue weighted by molar-refractivity contribution is 5.97. The molecular weight excluding hydrogens is 498 g/mol. The minimum Gasteiger partial charge on any atom is -0.497 e. The molecule has 2 amide bonds. The standard InChI is InChI=1S/C29H33N5O5/c1-4-20(2)34(29(36)22-8-10-25-26(17-22)39-19-38-25)18-28(35)33-14-12-32(13-15-33)27-11-9-24(30-31-27)21-6-5-7-23(16-21)37-3/h5-11,16-17,20H,4,12-15,18-19H2,1-3H3. The van der Waals surface area contributed by atoms with Crippen LogP contribution in [0.2, 0.25) is 0 Å². The third-order valence-electron chi connectivity index (χ3n) is 7.28. The van der Waals surface area contributed by atoms with E-state index in [9.17, 15) is 9.59 Å². The molecule has 0 bridgehead atoms. The topological polar surface area (TPSA) is 97.3 Å². The van der Waals surface area contributed by atoms with Gasteiger partial charge in [-0.15, -0.1) is 10.2 Å². The molecule has 1 fully saturated rings. The van der Waals surface area contributed by atoms with Crippen molar-refractivity contribution in [3.63, 3.8) is 0 Å². The van der Waals surface area contributed by atoms with Crippen LogP contribution in [0.4, 0.5) is 5.82 Å². The molecular formula is C29H33N5O5. The molecule has 204 valence electrons. The van der Waals surface area contributed by atoms with Crippen molar-refractivity contribution < 1.29 is 23.8 Å². The minimum atomic E-state index is -0.193. The van der Waals surface area contributed by atoms with Gasteiger partial charge in [0, 0.05) is 43.3 Å². The number of carbonyl (C=O) groups excluding carboxylic acids is 2. The second-order valence-electron chi connectivity index (χ2n) is 9.63. The first-order valence-corrected chi connectivity index (χ1v) is 13.2. The number of methoxy groups -OCH3 is 1. The molecule has 3 aromatic rings. The van der Waals surface area contributed by atoms with Crippen molar-refractivity contribution in [2.24, 2.45) is 0 Å². The number of fused-ring (bicyclic) bond motifs is 1. The number of piperazine rings is 1. The largest absolute Gasteiger partial charge is 0.497 e. The molecule has 0 spiro atoms. The van der Waals surface area contributed by atoms with Crippen molar-refractivity contribution in [2.75, 3.05) is 51.5 Å². The van der Waals surface area contributed by atoms with Gasteiger partial charge in [0.15, 0.2) is 17.3 Å². The Morgan fingerprint density at radius 1 is 1.00 bits per heavy atom. The summed E-state index contributed by atoms with van der Waals surface area (Å²) in [5, 5.41) is 8.83. The lowest BCUT2D eigenvalue weighted by molar-refractivity contribution is -0.132. The van der Waals surface area contributed by atoms with Gasteiger partial charge in [-0.3, -0.25) is 9.59 Å². The summed E-state index contributed by atoms with van der Waals surface area (Å²) in [6.45, 7) is 6.51. The Hall–Kier alpha value is -4.34. The molecule has 10 heteroatoms. The fraction of sp³-hybridized carbons (Fsp3) is 0.379. The van der Waals surface area contributed by atoms with Crippen LogP contribution in [0.5, 0.6) is 17.2 Å². The summed E-state index contributed by atoms with van der Waals surface area (Å²) in [6.07, 6.45) is 0.738. The van der Waals surface area contributed by atoms with Crippen molar-refractivity contribution in [2.45, 2.75) is 26.3 Å². The van der Waals surface area contributed by atoms with Crippen molar-refractivity contribution in [3.05, 3.63) is 60.2 Å². The average molecular weight is 532 g/mol. The van der Waals surface area contributed by atoms with Gasteiger partial charge in [-0.1, -0.05) is 19.1 Å². The molecule has 0 radical (unpaired) electrons. The second-order valence-corrected chi connectivity index (χ2v) is 9.63. The Morgan fingerprint density at radius 3 is 2.51 bits per heavy atom. The molecule has 39 heavy (non-hydrogen) atoms. The van der Waals surface area contributed by atoms with Crippen LogP contribution in [-0.4, -0.2) is 84.5 Å². The smallest absolute Gasteiger partial charge is 0.254 e. The van der Waals surface area contributed by atoms with Gasteiger partial charge in [0.05, 0.1) is 12.8 Å². The number of aromatic nitrogens is 2. The Morgan fingerprint density at radius 2 is 1.79 bits per heavy atom. The second kappa shape index (κ2) is 11.6. The predicted octanol–water partition coefficient (Wildman–Crippen LogP) is 3.47. The summed E-state index contributed by atoms with van der Waals surface area (Å²) in [7, 11) is 1.64. The first-order valence-electron chi connectivity index (χ1n) is 13.2. The van der Waals surface area contributed by atoms with Crippen LogP contribution in [0.15, 0.2) is 54.6 Å². The SMILES string of the molecule is CCC(C)N(CC(=O)N1CCN(c2ccc(-c3cccc(OC)c3)nn2)CC1)C(=O)c1ccc2c(c1)OCO2. The van der Waals surface area contributed by atoms with Crippen molar-refractivity contribution in [1.29, 1.82) is 0 Å². The fourth-order valence-corrected chi connectivity index (χ4v) is 4.70. The molecule has 1 aromatic heterocycles. The van der Waals surface area contributed by atoms with Crippen LogP contribution in [0, 0.1) is 0 Å². The summed E-state index contributed by atoms with van der Waals surface area (Å²) in [5.74, 6) is 2.45. The van der Waals surface area contributed by atoms with Gasteiger partial charge in [0.25, 0.3) is 5.91 Å². The van der Waals surface area contributed by atoms with E-state index in [-0.39, 0.29) is 31.2 Å². The zero-order valence-electron chi connectivity index (χ0n) is 22.5. The highest BCUT2D eigenvalue weighted by Gasteiger charge is 2.29. The van der Waals surface area contributed by atoms with Gasteiger partial charge in [0.2, 0.25) is 12.7 Å². The number of anilines is 1. The molecule has 1 unspecified atom stereocenters. The lowest BCUT2D eigenvalue weighted by Gasteiger charge is -2.37. The molecule has 2 aliphatic rings. The number of rotatable bonds is 8. The van der Waals surface area contributed by atoms with Gasteiger partial charge in [0.1, 0.15) is 12.3 Å². The molecule has 3 heterocycles. The van der Waals surface area contributed by atoms with E-state index in [1.54, 1.807) is 30.2 Å². The maximum absolute atomic E-state index is 13.4. The Bertz CT molecular complexity index is 1320. The number of hydrogen-bond acceptors (Lipinski definition) is 8. The van der Waals surface area contributed by atoms with Crippen LogP contribution >= 0.6 is 0 Å². The first-order chi connectivity index (χ1) is 19.0. The van der Waals surface area contributed by atoms with Crippen LogP contribution in [-0.2, 0) is 4.79 Å². The molecule has 0 N–H and O–H groups in total. The third-order valence-corrected chi connectivity index (χ3v) is 7.28. The summed E-state index contributed by atoms with van der Waals surface area (Å²) in [6, 6.07) is 16.6. The third kappa shape index (κ3) is 5.74. The summed E-state index contributed by atoms with van der Waals surface area (Å²) in [4.78, 5) is 32.3. The Labute approximate surface area is 228 Å². The van der Waals surface area contributed by atoms with Crippen LogP contribution in [0.25, 0.3) is 11.3 Å². The number of ether oxygens (including phenoxy) is 3. The van der Waals surface area contributed by atoms with Crippen LogP contribution < -0.4 is 19.1 Å². The van der Waals surface area contributed by atoms with Crippen molar-refractivity contribution >= 4 is 17.6 Å². The Kier molecular flexibility index (Phi) is 7.81. The van der Waals surface area contributed by atoms with Gasteiger partial charge >= 0.3 is 0 Å². The minimum absolute atomic E-state index is 0.0251. The maximum atomic E-state index is 13.4. The number of hydrogen-bond donors (Lipinski definition) is 0. The fourth-order valence-electron chi connectivity index (χ4n) is 4.70. The van der Waals surface area contributed by atoms with Crippen molar-refractivity contribution in [3.8, 4) is 28.5 Å². The summed E-state index contributed by atoms with van der Waals surface area (Å²) < 4.78 is 16.1. The number of carbonyl (C=O) groups is 2.